The first kappa shape index (κ1) is 21.9. The van der Waals surface area contributed by atoms with E-state index >= 15 is 0 Å². The average molecular weight is 470 g/mol. The van der Waals surface area contributed by atoms with Gasteiger partial charge in [-0.25, -0.2) is 9.97 Å². The summed E-state index contributed by atoms with van der Waals surface area (Å²) in [6, 6.07) is 16.4. The minimum Gasteiger partial charge on any atom is -0.356 e. The molecule has 0 N–H and O–H groups in total. The van der Waals surface area contributed by atoms with E-state index in [1.54, 1.807) is 6.33 Å². The third kappa shape index (κ3) is 4.83. The zero-order chi connectivity index (χ0) is 23.6. The molecule has 2 saturated heterocycles. The zero-order valence-electron chi connectivity index (χ0n) is 20.0. The number of carbonyl (C=O) groups excluding carboxylic acids is 1. The van der Waals surface area contributed by atoms with Crippen LogP contribution in [0, 0.1) is 5.92 Å². The molecule has 180 valence electrons. The smallest absolute Gasteiger partial charge is 0.225 e. The maximum atomic E-state index is 13.2. The Morgan fingerprint density at radius 2 is 1.49 bits per heavy atom. The van der Waals surface area contributed by atoms with Gasteiger partial charge in [-0.2, -0.15) is 5.10 Å². The summed E-state index contributed by atoms with van der Waals surface area (Å²) in [5.41, 5.74) is 3.14. The number of benzene rings is 1. The van der Waals surface area contributed by atoms with E-state index < -0.39 is 0 Å². The van der Waals surface area contributed by atoms with E-state index in [0.717, 1.165) is 80.7 Å². The number of piperidine rings is 1. The van der Waals surface area contributed by atoms with Gasteiger partial charge in [0.05, 0.1) is 11.4 Å². The van der Waals surface area contributed by atoms with Crippen LogP contribution in [0.5, 0.6) is 0 Å². The van der Waals surface area contributed by atoms with Gasteiger partial charge in [0.15, 0.2) is 5.82 Å². The van der Waals surface area contributed by atoms with Crippen LogP contribution in [-0.4, -0.2) is 70.2 Å². The van der Waals surface area contributed by atoms with E-state index in [1.807, 2.05) is 23.1 Å². The first-order valence-corrected chi connectivity index (χ1v) is 12.7. The lowest BCUT2D eigenvalue weighted by atomic mass is 9.95. The molecule has 35 heavy (non-hydrogen) atoms. The number of anilines is 2. The van der Waals surface area contributed by atoms with Crippen LogP contribution < -0.4 is 9.80 Å². The molecule has 8 heteroatoms. The second kappa shape index (κ2) is 9.60. The average Bonchev–Trinajstić information content (AvgIpc) is 3.79. The minimum absolute atomic E-state index is 0.0887. The predicted molar refractivity (Wildman–Crippen MR) is 135 cm³/mol. The molecule has 4 heterocycles. The summed E-state index contributed by atoms with van der Waals surface area (Å²) in [7, 11) is 0. The quantitative estimate of drug-likeness (QED) is 0.567. The van der Waals surface area contributed by atoms with E-state index in [-0.39, 0.29) is 5.92 Å². The van der Waals surface area contributed by atoms with Gasteiger partial charge in [-0.3, -0.25) is 4.79 Å². The van der Waals surface area contributed by atoms with Crippen molar-refractivity contribution in [2.45, 2.75) is 31.6 Å². The zero-order valence-corrected chi connectivity index (χ0v) is 20.0. The summed E-state index contributed by atoms with van der Waals surface area (Å²) < 4.78 is 0. The van der Waals surface area contributed by atoms with Gasteiger partial charge < -0.3 is 14.7 Å². The Balaban J connectivity index is 1.01. The molecule has 2 aromatic heterocycles. The SMILES string of the molecule is O=C(C1CCN(c2cc(-c3ccccc3)ncn2)CC1)N1CCN(c2ccc(C3CC3)nn2)CC1. The molecule has 2 aliphatic heterocycles. The van der Waals surface area contributed by atoms with Crippen molar-refractivity contribution < 1.29 is 4.79 Å². The Labute approximate surface area is 206 Å². The molecule has 8 nitrogen and oxygen atoms in total. The summed E-state index contributed by atoms with van der Waals surface area (Å²) in [5, 5.41) is 8.85. The number of piperazine rings is 1. The molecule has 3 fully saturated rings. The van der Waals surface area contributed by atoms with E-state index in [2.05, 4.69) is 60.3 Å². The first-order chi connectivity index (χ1) is 17.2. The van der Waals surface area contributed by atoms with Crippen molar-refractivity contribution in [3.05, 3.63) is 60.6 Å². The topological polar surface area (TPSA) is 78.4 Å². The van der Waals surface area contributed by atoms with Crippen LogP contribution in [0.2, 0.25) is 0 Å². The number of nitrogens with zero attached hydrogens (tertiary/aromatic N) is 7. The second-order valence-electron chi connectivity index (χ2n) is 9.79. The lowest BCUT2D eigenvalue weighted by Gasteiger charge is -2.39. The highest BCUT2D eigenvalue weighted by Crippen LogP contribution is 2.38. The molecule has 1 aliphatic carbocycles. The van der Waals surface area contributed by atoms with E-state index in [4.69, 9.17) is 0 Å². The maximum Gasteiger partial charge on any atom is 0.225 e. The lowest BCUT2D eigenvalue weighted by Crippen LogP contribution is -2.52. The van der Waals surface area contributed by atoms with Gasteiger partial charge in [-0.1, -0.05) is 30.3 Å². The van der Waals surface area contributed by atoms with Gasteiger partial charge in [-0.15, -0.1) is 5.10 Å². The molecular formula is C27H31N7O. The van der Waals surface area contributed by atoms with Crippen LogP contribution in [-0.2, 0) is 4.79 Å². The van der Waals surface area contributed by atoms with Crippen molar-refractivity contribution in [1.82, 2.24) is 25.1 Å². The second-order valence-corrected chi connectivity index (χ2v) is 9.79. The molecule has 0 spiro atoms. The van der Waals surface area contributed by atoms with Gasteiger partial charge in [0.1, 0.15) is 12.1 Å². The Bertz CT molecular complexity index is 1150. The fraction of sp³-hybridized carbons (Fsp3) is 0.444. The van der Waals surface area contributed by atoms with Crippen LogP contribution in [0.1, 0.15) is 37.3 Å². The molecule has 0 radical (unpaired) electrons. The van der Waals surface area contributed by atoms with Gasteiger partial charge in [0.2, 0.25) is 5.91 Å². The highest BCUT2D eigenvalue weighted by molar-refractivity contribution is 5.79. The molecule has 0 unspecified atom stereocenters. The minimum atomic E-state index is 0.0887. The van der Waals surface area contributed by atoms with Crippen molar-refractivity contribution in [3.63, 3.8) is 0 Å². The van der Waals surface area contributed by atoms with Crippen molar-refractivity contribution in [2.75, 3.05) is 49.1 Å². The summed E-state index contributed by atoms with van der Waals surface area (Å²) in [5.74, 6) is 2.87. The summed E-state index contributed by atoms with van der Waals surface area (Å²) in [6.07, 6.45) is 5.83. The lowest BCUT2D eigenvalue weighted by molar-refractivity contribution is -0.136. The van der Waals surface area contributed by atoms with Gasteiger partial charge >= 0.3 is 0 Å². The van der Waals surface area contributed by atoms with Crippen molar-refractivity contribution in [2.24, 2.45) is 5.92 Å². The molecule has 1 aromatic carbocycles. The van der Waals surface area contributed by atoms with Crippen LogP contribution >= 0.6 is 0 Å². The molecule has 0 bridgehead atoms. The molecule has 1 amide bonds. The van der Waals surface area contributed by atoms with Gasteiger partial charge in [0, 0.05) is 62.7 Å². The number of amides is 1. The maximum absolute atomic E-state index is 13.2. The van der Waals surface area contributed by atoms with Crippen molar-refractivity contribution in [3.8, 4) is 11.3 Å². The number of hydrogen-bond acceptors (Lipinski definition) is 7. The van der Waals surface area contributed by atoms with Crippen LogP contribution in [0.25, 0.3) is 11.3 Å². The van der Waals surface area contributed by atoms with Crippen LogP contribution in [0.3, 0.4) is 0 Å². The molecular weight excluding hydrogens is 438 g/mol. The highest BCUT2D eigenvalue weighted by Gasteiger charge is 2.31. The molecule has 3 aliphatic rings. The fourth-order valence-corrected chi connectivity index (χ4v) is 5.16. The van der Waals surface area contributed by atoms with Crippen LogP contribution in [0.15, 0.2) is 54.9 Å². The number of hydrogen-bond donors (Lipinski definition) is 0. The predicted octanol–water partition coefficient (Wildman–Crippen LogP) is 3.38. The number of aromatic nitrogens is 4. The Morgan fingerprint density at radius 3 is 2.17 bits per heavy atom. The largest absolute Gasteiger partial charge is 0.356 e. The monoisotopic (exact) mass is 469 g/mol. The summed E-state index contributed by atoms with van der Waals surface area (Å²) >= 11 is 0. The Hall–Kier alpha value is -3.55. The molecule has 3 aromatic rings. The van der Waals surface area contributed by atoms with Gasteiger partial charge in [-0.05, 0) is 37.8 Å². The third-order valence-electron chi connectivity index (χ3n) is 7.47. The summed E-state index contributed by atoms with van der Waals surface area (Å²) in [4.78, 5) is 28.8. The van der Waals surface area contributed by atoms with E-state index in [0.29, 0.717) is 11.8 Å². The van der Waals surface area contributed by atoms with Gasteiger partial charge in [0.25, 0.3) is 0 Å². The Morgan fingerprint density at radius 1 is 0.743 bits per heavy atom. The fourth-order valence-electron chi connectivity index (χ4n) is 5.16. The van der Waals surface area contributed by atoms with E-state index in [1.165, 1.54) is 12.8 Å². The molecule has 1 saturated carbocycles. The summed E-state index contributed by atoms with van der Waals surface area (Å²) in [6.45, 7) is 4.79. The molecule has 6 rings (SSSR count). The van der Waals surface area contributed by atoms with E-state index in [9.17, 15) is 4.79 Å². The first-order valence-electron chi connectivity index (χ1n) is 12.7. The normalized spacial score (nSPS) is 19.1. The number of carbonyl (C=O) groups is 1. The van der Waals surface area contributed by atoms with Crippen molar-refractivity contribution in [1.29, 1.82) is 0 Å². The number of rotatable bonds is 5. The van der Waals surface area contributed by atoms with Crippen LogP contribution in [0.4, 0.5) is 11.6 Å². The standard InChI is InChI=1S/C27H31N7O/c35-27(34-16-14-33(15-17-34)25-9-8-23(30-31-25)21-6-7-21)22-10-12-32(13-11-22)26-18-24(28-19-29-26)20-4-2-1-3-5-20/h1-5,8-9,18-19,21-22H,6-7,10-17H2. The third-order valence-corrected chi connectivity index (χ3v) is 7.47. The highest BCUT2D eigenvalue weighted by atomic mass is 16.2. The Kier molecular flexibility index (Phi) is 6.02. The van der Waals surface area contributed by atoms with Crippen molar-refractivity contribution >= 4 is 17.5 Å². The molecule has 0 atom stereocenters.